The molecule has 3 heterocycles. The summed E-state index contributed by atoms with van der Waals surface area (Å²) < 4.78 is 247. The van der Waals surface area contributed by atoms with Crippen LogP contribution in [0.3, 0.4) is 0 Å². The molecule has 0 radical (unpaired) electrons. The Labute approximate surface area is 714 Å². The van der Waals surface area contributed by atoms with E-state index in [2.05, 4.69) is 15.9 Å². The van der Waals surface area contributed by atoms with Gasteiger partial charge in [-0.15, -0.1) is 23.2 Å². The van der Waals surface area contributed by atoms with Crippen LogP contribution in [0.5, 0.6) is 0 Å². The number of carbonyl (C=O) groups excluding carboxylic acids is 1. The summed E-state index contributed by atoms with van der Waals surface area (Å²) in [7, 11) is -14.1. The first-order valence-corrected chi connectivity index (χ1v) is 48.9. The van der Waals surface area contributed by atoms with Crippen LogP contribution in [-0.2, 0) is 72.6 Å². The van der Waals surface area contributed by atoms with Gasteiger partial charge in [-0.2, -0.15) is 0 Å². The van der Waals surface area contributed by atoms with E-state index in [0.717, 1.165) is 81.0 Å². The van der Waals surface area contributed by atoms with E-state index in [1.165, 1.54) is 84.9 Å². The fourth-order valence-corrected chi connectivity index (χ4v) is 26.9. The van der Waals surface area contributed by atoms with Crippen molar-refractivity contribution in [3.05, 3.63) is 216 Å². The molecule has 3 saturated heterocycles. The van der Waals surface area contributed by atoms with E-state index in [-0.39, 0.29) is 82.9 Å². The molecule has 9 aliphatic rings. The van der Waals surface area contributed by atoms with Crippen molar-refractivity contribution in [3.8, 4) is 44.5 Å². The number of Topliss-reactive ketones (excluding diaryl/α,β-unsaturated/α-hetero) is 1. The van der Waals surface area contributed by atoms with E-state index >= 15 is 0 Å². The van der Waals surface area contributed by atoms with Gasteiger partial charge < -0.3 is 28.4 Å². The van der Waals surface area contributed by atoms with E-state index in [0.29, 0.717) is 151 Å². The second kappa shape index (κ2) is 38.5. The number of hydrogen-bond donors (Lipinski definition) is 0. The predicted octanol–water partition coefficient (Wildman–Crippen LogP) is 20.9. The van der Waals surface area contributed by atoms with Crippen LogP contribution >= 0.6 is 39.1 Å². The minimum Gasteiger partial charge on any atom is -0.348 e. The number of benzene rings is 8. The zero-order chi connectivity index (χ0) is 85.5. The molecule has 6 saturated carbocycles. The van der Waals surface area contributed by atoms with Gasteiger partial charge in [-0.25, -0.2) is 68.8 Å². The zero-order valence-corrected chi connectivity index (χ0v) is 72.3. The van der Waals surface area contributed by atoms with Crippen molar-refractivity contribution in [3.63, 3.8) is 0 Å². The van der Waals surface area contributed by atoms with Gasteiger partial charge in [-0.05, 0) is 226 Å². The molecule has 6 aliphatic carbocycles. The van der Waals surface area contributed by atoms with E-state index in [4.69, 9.17) is 51.6 Å². The third kappa shape index (κ3) is 20.5. The van der Waals surface area contributed by atoms with Gasteiger partial charge in [-0.3, -0.25) is 4.79 Å². The number of halogens is 11. The lowest BCUT2D eigenvalue weighted by Crippen LogP contribution is -2.41. The van der Waals surface area contributed by atoms with Gasteiger partial charge in [0.25, 0.3) is 0 Å². The summed E-state index contributed by atoms with van der Waals surface area (Å²) in [5.41, 5.74) is 2.94. The van der Waals surface area contributed by atoms with Crippen LogP contribution in [0.2, 0.25) is 0 Å². The predicted molar refractivity (Wildman–Crippen MR) is 445 cm³/mol. The average molecular weight is 1850 g/mol. The molecule has 0 aromatic heterocycles. The second-order valence-corrected chi connectivity index (χ2v) is 42.5. The molecule has 0 amide bonds. The monoisotopic (exact) mass is 1840 g/mol. The lowest BCUT2D eigenvalue weighted by molar-refractivity contribution is -0.183. The molecule has 0 N–H and O–H groups in total. The molecule has 8 aromatic carbocycles. The van der Waals surface area contributed by atoms with Crippen LogP contribution in [-0.4, -0.2) is 134 Å². The van der Waals surface area contributed by atoms with Crippen molar-refractivity contribution in [2.45, 2.75) is 187 Å². The zero-order valence-electron chi connectivity index (χ0n) is 65.9. The van der Waals surface area contributed by atoms with Gasteiger partial charge in [0.15, 0.2) is 56.7 Å². The highest BCUT2D eigenvalue weighted by Gasteiger charge is 2.62. The smallest absolute Gasteiger partial charge is 0.184 e. The van der Waals surface area contributed by atoms with E-state index in [1.54, 1.807) is 60.7 Å². The molecule has 15 nitrogen and oxygen atoms in total. The fraction of sp³-hybridized carbons (Fsp3) is 0.456. The number of ketones is 1. The quantitative estimate of drug-likeness (QED) is 0.0545. The average Bonchev–Trinajstić information content (AvgIpc) is 1.56. The van der Waals surface area contributed by atoms with Gasteiger partial charge in [0.05, 0.1) is 79.7 Å². The molecule has 1 unspecified atom stereocenters. The highest BCUT2D eigenvalue weighted by molar-refractivity contribution is 9.09. The normalized spacial score (nSPS) is 21.2. The Morgan fingerprint density at radius 1 is 0.367 bits per heavy atom. The lowest BCUT2D eigenvalue weighted by atomic mass is 9.82. The number of ether oxygens (including phenoxy) is 6. The first-order chi connectivity index (χ1) is 57.3. The van der Waals surface area contributed by atoms with Crippen molar-refractivity contribution in [2.75, 3.05) is 62.5 Å². The highest BCUT2D eigenvalue weighted by Crippen LogP contribution is 2.59. The summed E-state index contributed by atoms with van der Waals surface area (Å²) >= 11 is 14.2. The lowest BCUT2D eigenvalue weighted by Gasteiger charge is -2.38. The number of rotatable bonds is 19. The van der Waals surface area contributed by atoms with Crippen molar-refractivity contribution in [1.82, 2.24) is 0 Å². The largest absolute Gasteiger partial charge is 0.348 e. The van der Waals surface area contributed by atoms with Crippen LogP contribution in [0, 0.1) is 70.2 Å². The van der Waals surface area contributed by atoms with Crippen LogP contribution in [0.15, 0.2) is 189 Å². The Kier molecular flexibility index (Phi) is 29.3. The van der Waals surface area contributed by atoms with Crippen molar-refractivity contribution < 1.29 is 102 Å². The molecule has 9 fully saturated rings. The number of alkyl halides is 3. The summed E-state index contributed by atoms with van der Waals surface area (Å²) in [5, 5.41) is 0.298. The molecule has 646 valence electrons. The molecule has 3 spiro atoms. The standard InChI is InChI=1S/C23H25ClF2O4S.C23H24F2O4S.C21H22F2O4S.C21H20F2O3S.C2H4BrCl/c24-12-9-22(17-7-10-23(11-8-17)29-13-14-30-23)31(27,28)19-4-1-16(2-5-19)20-6-3-18(25)15-21(20)26;24-18-3-6-20(21(25)15-18)16-1-4-19(5-2-16)30(26,27)22(11-12-22)17-7-9-23(10-8-17)28-13-14-29-23;22-17-3-6-19(20(23)13-17)16-1-4-18(5-2-16)28(24,25)14-15-7-9-21(10-8-15)26-11-12-27-21;22-16-5-10-19(20(23)13-16)14-1-8-18(9-2-14)27(25,26)21(11-12-21)15-3-6-17(24)7-4-15;3-1-2-4/h1-6,15,17,22H,7-14H2;1-6,15,17H,7-14H2;1-6,13,15H,7-12,14H2;1-2,5,8-10,13,15H,3-4,6-7,11-12H2;1-2H2. The minimum atomic E-state index is -3.63. The van der Waals surface area contributed by atoms with E-state index in [9.17, 15) is 73.6 Å². The third-order valence-electron chi connectivity index (χ3n) is 25.0. The first-order valence-electron chi connectivity index (χ1n) is 40.5. The summed E-state index contributed by atoms with van der Waals surface area (Å²) in [6.07, 6.45) is 13.8. The fourth-order valence-electron chi connectivity index (χ4n) is 18.2. The number of sulfone groups is 4. The Morgan fingerprint density at radius 2 is 0.658 bits per heavy atom. The van der Waals surface area contributed by atoms with Crippen molar-refractivity contribution in [2.24, 2.45) is 23.7 Å². The van der Waals surface area contributed by atoms with Crippen molar-refractivity contribution in [1.29, 1.82) is 0 Å². The molecule has 8 aromatic rings. The maximum absolute atomic E-state index is 14.1. The van der Waals surface area contributed by atoms with Gasteiger partial charge in [0, 0.05) is 115 Å². The SMILES string of the molecule is ClCCBr.O=C1CCC(C2(S(=O)(=O)c3ccc(-c4ccc(F)cc4F)cc3)CC2)CC1.O=S(=O)(CC1CCC2(CC1)OCCO2)c1ccc(-c2ccc(F)cc2F)cc1.O=S(=O)(c1ccc(-c2ccc(F)cc2F)cc1)C(CCCl)C1CCC2(CC1)OCCO2.O=S(=O)(c1ccc(-c2ccc(F)cc2F)cc1)C1(C2CCC3(CC2)OCCO3)CC1. The highest BCUT2D eigenvalue weighted by atomic mass is 79.9. The van der Waals surface area contributed by atoms with Crippen LogP contribution < -0.4 is 0 Å². The van der Waals surface area contributed by atoms with Crippen LogP contribution in [0.4, 0.5) is 35.1 Å². The van der Waals surface area contributed by atoms with Crippen molar-refractivity contribution >= 4 is 84.3 Å². The summed E-state index contributed by atoms with van der Waals surface area (Å²) in [6.45, 7) is 3.57. The second-order valence-electron chi connectivity index (χ2n) is 32.1. The Morgan fingerprint density at radius 3 is 0.958 bits per heavy atom. The van der Waals surface area contributed by atoms with E-state index < -0.39 is 118 Å². The maximum atomic E-state index is 14.1. The topological polar surface area (TPSA) is 209 Å². The number of carbonyl (C=O) groups is 1. The van der Waals surface area contributed by atoms with Gasteiger partial charge >= 0.3 is 0 Å². The summed E-state index contributed by atoms with van der Waals surface area (Å²) in [6, 6.07) is 37.9. The van der Waals surface area contributed by atoms with Crippen LogP contribution in [0.25, 0.3) is 44.5 Å². The van der Waals surface area contributed by atoms with Gasteiger partial charge in [-0.1, -0.05) is 64.5 Å². The Bertz CT molecular complexity index is 5360. The molecule has 3 aliphatic heterocycles. The molecule has 17 rings (SSSR count). The third-order valence-corrected chi connectivity index (χ3v) is 35.9. The maximum Gasteiger partial charge on any atom is 0.184 e. The molecular weight excluding hydrogens is 1750 g/mol. The first kappa shape index (κ1) is 91.2. The molecule has 30 heteroatoms. The Hall–Kier alpha value is -6.51. The van der Waals surface area contributed by atoms with E-state index in [1.807, 2.05) is 0 Å². The van der Waals surface area contributed by atoms with Crippen LogP contribution in [0.1, 0.15) is 135 Å². The molecule has 1 atom stereocenters. The molecular formula is C90H95BrCl2F8O15S4. The summed E-state index contributed by atoms with van der Waals surface area (Å²) in [4.78, 5) is 12.4. The van der Waals surface area contributed by atoms with Gasteiger partial charge in [0.1, 0.15) is 52.3 Å². The molecule has 0 bridgehead atoms. The summed E-state index contributed by atoms with van der Waals surface area (Å²) in [5.74, 6) is -5.49. The van der Waals surface area contributed by atoms with Gasteiger partial charge in [0.2, 0.25) is 0 Å². The number of hydrogen-bond acceptors (Lipinski definition) is 15. The molecule has 120 heavy (non-hydrogen) atoms. The minimum absolute atomic E-state index is 0.0226. The Balaban J connectivity index is 0.000000136.